The smallest absolute Gasteiger partial charge is 0.263 e. The highest BCUT2D eigenvalue weighted by molar-refractivity contribution is 7.89. The number of benzene rings is 6. The molecule has 0 bridgehead atoms. The fourth-order valence-corrected chi connectivity index (χ4v) is 12.4. The molecule has 66 heavy (non-hydrogen) atoms. The number of aromatic amines is 2. The summed E-state index contributed by atoms with van der Waals surface area (Å²) in [6.45, 7) is 8.05. The summed E-state index contributed by atoms with van der Waals surface area (Å²) >= 11 is 0. The molecule has 0 spiro atoms. The standard InChI is InChI=1S/2C28H28N2O2S/c2*1-19-8-12-21(13-9-19)23-16-17-25(26-18-29-27-7-5-4-6-24(26)27)28(23)30(3)33(31,32)22-14-10-20(2)11-15-22/h2*4-15,18,25,29H,16-17H2,1-3H3/t2*25-/m00/s1. The molecular weight excluding hydrogens is 857 g/mol. The second-order valence-corrected chi connectivity index (χ2v) is 21.7. The van der Waals surface area contributed by atoms with Gasteiger partial charge < -0.3 is 9.97 Å². The third kappa shape index (κ3) is 8.40. The van der Waals surface area contributed by atoms with E-state index >= 15 is 0 Å². The number of nitrogens with one attached hydrogen (secondary N) is 2. The average molecular weight is 913 g/mol. The molecule has 0 radical (unpaired) electrons. The number of nitrogens with zero attached hydrogens (tertiary/aromatic N) is 2. The SMILES string of the molecule is Cc1ccc(C2=C(N(C)S(=O)(=O)c3ccc(C)cc3)[C@H](c3c[nH]c4ccccc34)CC2)cc1.Cc1ccc(C2=C(N(C)S(=O)(=O)c3ccc(C)cc3)[C@H](c3c[nH]c4ccccc34)CC2)cc1. The van der Waals surface area contributed by atoms with Crippen molar-refractivity contribution < 1.29 is 16.8 Å². The number of para-hydroxylation sites is 2. The molecule has 2 atom stereocenters. The summed E-state index contributed by atoms with van der Waals surface area (Å²) in [6, 6.07) is 47.4. The number of allylic oxidation sites excluding steroid dienone is 4. The molecule has 10 heteroatoms. The second kappa shape index (κ2) is 18.0. The Morgan fingerprint density at radius 1 is 0.439 bits per heavy atom. The monoisotopic (exact) mass is 912 g/mol. The molecule has 2 aromatic heterocycles. The number of sulfonamides is 2. The quantitative estimate of drug-likeness (QED) is 0.142. The number of fused-ring (bicyclic) bond motifs is 2. The van der Waals surface area contributed by atoms with Gasteiger partial charge in [0.1, 0.15) is 0 Å². The molecule has 8 nitrogen and oxygen atoms in total. The van der Waals surface area contributed by atoms with Gasteiger partial charge >= 0.3 is 0 Å². The van der Waals surface area contributed by atoms with Gasteiger partial charge in [0, 0.05) is 71.5 Å². The molecule has 0 saturated heterocycles. The number of hydrogen-bond acceptors (Lipinski definition) is 4. The second-order valence-electron chi connectivity index (χ2n) is 17.8. The van der Waals surface area contributed by atoms with Crippen LogP contribution in [0.3, 0.4) is 0 Å². The fraction of sp³-hybridized carbons (Fsp3) is 0.214. The van der Waals surface area contributed by atoms with E-state index in [0.29, 0.717) is 9.79 Å². The van der Waals surface area contributed by atoms with Crippen LogP contribution in [0.1, 0.15) is 82.0 Å². The Labute approximate surface area is 389 Å². The van der Waals surface area contributed by atoms with Gasteiger partial charge in [-0.1, -0.05) is 131 Å². The number of rotatable bonds is 10. The maximum atomic E-state index is 13.7. The normalized spacial score (nSPS) is 16.5. The number of aromatic nitrogens is 2. The first kappa shape index (κ1) is 44.6. The van der Waals surface area contributed by atoms with Crippen molar-refractivity contribution in [2.24, 2.45) is 0 Å². The van der Waals surface area contributed by atoms with Gasteiger partial charge in [0.25, 0.3) is 20.0 Å². The van der Waals surface area contributed by atoms with E-state index in [-0.39, 0.29) is 11.8 Å². The van der Waals surface area contributed by atoms with Gasteiger partial charge in [0.05, 0.1) is 9.79 Å². The van der Waals surface area contributed by atoms with Crippen molar-refractivity contribution in [3.8, 4) is 0 Å². The lowest BCUT2D eigenvalue weighted by molar-refractivity contribution is 0.504. The zero-order valence-corrected chi connectivity index (χ0v) is 40.0. The highest BCUT2D eigenvalue weighted by Crippen LogP contribution is 2.49. The number of hydrogen-bond donors (Lipinski definition) is 2. The van der Waals surface area contributed by atoms with Crippen LogP contribution in [0, 0.1) is 27.7 Å². The first-order valence-electron chi connectivity index (χ1n) is 22.6. The molecule has 8 aromatic rings. The largest absolute Gasteiger partial charge is 0.361 e. The van der Waals surface area contributed by atoms with Crippen LogP contribution in [0.25, 0.3) is 33.0 Å². The minimum Gasteiger partial charge on any atom is -0.361 e. The van der Waals surface area contributed by atoms with Crippen molar-refractivity contribution in [1.82, 2.24) is 18.6 Å². The molecule has 2 heterocycles. The number of likely N-dealkylation sites (N-methyl/N-ethyl adjacent to an activating group) is 2. The zero-order chi connectivity index (χ0) is 46.3. The van der Waals surface area contributed by atoms with Crippen molar-refractivity contribution in [2.45, 2.75) is 75.0 Å². The van der Waals surface area contributed by atoms with Crippen molar-refractivity contribution in [2.75, 3.05) is 14.1 Å². The topological polar surface area (TPSA) is 106 Å². The van der Waals surface area contributed by atoms with Crippen molar-refractivity contribution in [3.05, 3.63) is 214 Å². The van der Waals surface area contributed by atoms with Crippen LogP contribution in [0.4, 0.5) is 0 Å². The molecule has 2 aliphatic rings. The minimum atomic E-state index is -3.70. The Kier molecular flexibility index (Phi) is 12.1. The molecule has 0 amide bonds. The first-order valence-corrected chi connectivity index (χ1v) is 25.4. The minimum absolute atomic E-state index is 0.0114. The molecule has 6 aromatic carbocycles. The van der Waals surface area contributed by atoms with E-state index in [2.05, 4.69) is 96.6 Å². The van der Waals surface area contributed by atoms with Gasteiger partial charge in [-0.3, -0.25) is 8.61 Å². The van der Waals surface area contributed by atoms with E-state index in [1.165, 1.54) is 19.7 Å². The average Bonchev–Trinajstić information content (AvgIpc) is 4.14. The maximum Gasteiger partial charge on any atom is 0.263 e. The summed E-state index contributed by atoms with van der Waals surface area (Å²) in [4.78, 5) is 7.38. The maximum absolute atomic E-state index is 13.7. The van der Waals surface area contributed by atoms with Crippen LogP contribution in [-0.4, -0.2) is 49.5 Å². The van der Waals surface area contributed by atoms with Crippen LogP contribution >= 0.6 is 0 Å². The Morgan fingerprint density at radius 2 is 0.758 bits per heavy atom. The van der Waals surface area contributed by atoms with E-state index in [1.807, 2.05) is 74.8 Å². The molecule has 2 N–H and O–H groups in total. The van der Waals surface area contributed by atoms with Gasteiger partial charge in [-0.15, -0.1) is 0 Å². The first-order chi connectivity index (χ1) is 31.7. The van der Waals surface area contributed by atoms with E-state index in [0.717, 1.165) is 103 Å². The van der Waals surface area contributed by atoms with E-state index < -0.39 is 20.0 Å². The van der Waals surface area contributed by atoms with E-state index in [9.17, 15) is 16.8 Å². The molecule has 0 unspecified atom stereocenters. The highest BCUT2D eigenvalue weighted by atomic mass is 32.2. The van der Waals surface area contributed by atoms with Crippen LogP contribution in [0.5, 0.6) is 0 Å². The zero-order valence-electron chi connectivity index (χ0n) is 38.3. The predicted octanol–water partition coefficient (Wildman–Crippen LogP) is 12.8. The molecule has 2 aliphatic carbocycles. The lowest BCUT2D eigenvalue weighted by atomic mass is 9.95. The van der Waals surface area contributed by atoms with Gasteiger partial charge in [0.2, 0.25) is 0 Å². The summed E-state index contributed by atoms with van der Waals surface area (Å²) in [5.41, 5.74) is 15.0. The van der Waals surface area contributed by atoms with Gasteiger partial charge in [0.15, 0.2) is 0 Å². The summed E-state index contributed by atoms with van der Waals surface area (Å²) in [5.74, 6) is -0.0228. The molecule has 0 saturated carbocycles. The van der Waals surface area contributed by atoms with Crippen molar-refractivity contribution in [1.29, 1.82) is 0 Å². The fourth-order valence-electron chi connectivity index (χ4n) is 9.81. The number of aryl methyl sites for hydroxylation is 4. The van der Waals surface area contributed by atoms with Crippen LogP contribution in [0.15, 0.2) is 179 Å². The lowest BCUT2D eigenvalue weighted by Crippen LogP contribution is -2.28. The summed E-state index contributed by atoms with van der Waals surface area (Å²) in [7, 11) is -4.00. The Hall–Kier alpha value is -6.62. The highest BCUT2D eigenvalue weighted by Gasteiger charge is 2.38. The van der Waals surface area contributed by atoms with Crippen LogP contribution < -0.4 is 0 Å². The Morgan fingerprint density at radius 3 is 1.11 bits per heavy atom. The molecule has 0 fully saturated rings. The third-order valence-electron chi connectivity index (χ3n) is 13.5. The van der Waals surface area contributed by atoms with Gasteiger partial charge in [-0.05, 0) is 123 Å². The summed E-state index contributed by atoms with van der Waals surface area (Å²) < 4.78 is 57.9. The van der Waals surface area contributed by atoms with E-state index in [1.54, 1.807) is 38.4 Å². The number of H-pyrrole nitrogens is 2. The Balaban J connectivity index is 0.000000166. The van der Waals surface area contributed by atoms with E-state index in [4.69, 9.17) is 0 Å². The molecule has 10 rings (SSSR count). The van der Waals surface area contributed by atoms with Crippen LogP contribution in [0.2, 0.25) is 0 Å². The Bertz CT molecular complexity index is 3120. The third-order valence-corrected chi connectivity index (χ3v) is 17.0. The summed E-state index contributed by atoms with van der Waals surface area (Å²) in [5, 5.41) is 2.29. The summed E-state index contributed by atoms with van der Waals surface area (Å²) in [6.07, 6.45) is 7.48. The predicted molar refractivity (Wildman–Crippen MR) is 269 cm³/mol. The lowest BCUT2D eigenvalue weighted by Gasteiger charge is -2.27. The van der Waals surface area contributed by atoms with Crippen molar-refractivity contribution in [3.63, 3.8) is 0 Å². The molecule has 0 aliphatic heterocycles. The van der Waals surface area contributed by atoms with Crippen LogP contribution in [-0.2, 0) is 20.0 Å². The molecule has 336 valence electrons. The molecular formula is C56H56N4O4S2. The van der Waals surface area contributed by atoms with Crippen molar-refractivity contribution >= 4 is 53.0 Å². The van der Waals surface area contributed by atoms with Gasteiger partial charge in [-0.25, -0.2) is 16.8 Å². The van der Waals surface area contributed by atoms with Gasteiger partial charge in [-0.2, -0.15) is 0 Å².